The van der Waals surface area contributed by atoms with Crippen LogP contribution in [0, 0.1) is 5.41 Å². The lowest BCUT2D eigenvalue weighted by atomic mass is 9.71. The lowest BCUT2D eigenvalue weighted by Crippen LogP contribution is -2.36. The number of nitrogens with zero attached hydrogens (tertiary/aromatic N) is 2. The third kappa shape index (κ3) is 2.43. The van der Waals surface area contributed by atoms with Crippen LogP contribution in [0.5, 0.6) is 0 Å². The molecule has 0 unspecified atom stereocenters. The number of carbonyl (C=O) groups is 1. The van der Waals surface area contributed by atoms with Gasteiger partial charge in [-0.15, -0.1) is 0 Å². The van der Waals surface area contributed by atoms with E-state index < -0.39 is 11.4 Å². The van der Waals surface area contributed by atoms with E-state index in [1.807, 2.05) is 18.2 Å². The van der Waals surface area contributed by atoms with Crippen molar-refractivity contribution in [1.29, 1.82) is 0 Å². The Morgan fingerprint density at radius 3 is 2.67 bits per heavy atom. The molecule has 0 aliphatic heterocycles. The molecule has 1 aromatic carbocycles. The van der Waals surface area contributed by atoms with Crippen molar-refractivity contribution in [2.75, 3.05) is 0 Å². The quantitative estimate of drug-likeness (QED) is 0.933. The molecule has 1 fully saturated rings. The molecule has 3 rings (SSSR count). The minimum Gasteiger partial charge on any atom is -0.481 e. The van der Waals surface area contributed by atoms with E-state index in [0.29, 0.717) is 6.42 Å². The van der Waals surface area contributed by atoms with Crippen LogP contribution in [0.1, 0.15) is 44.9 Å². The highest BCUT2D eigenvalue weighted by atomic mass is 16.4. The third-order valence-electron chi connectivity index (χ3n) is 4.81. The molecule has 1 heterocycles. The van der Waals surface area contributed by atoms with Crippen LogP contribution in [-0.2, 0) is 17.8 Å². The Hall–Kier alpha value is -1.84. The lowest BCUT2D eigenvalue weighted by molar-refractivity contribution is -0.151. The Balaban J connectivity index is 2.01. The molecule has 0 atom stereocenters. The van der Waals surface area contributed by atoms with Crippen LogP contribution in [0.15, 0.2) is 24.3 Å². The number of hydrogen-bond acceptors (Lipinski definition) is 2. The van der Waals surface area contributed by atoms with Crippen molar-refractivity contribution in [3.05, 3.63) is 30.1 Å². The van der Waals surface area contributed by atoms with Gasteiger partial charge in [0.25, 0.3) is 0 Å². The Bertz CT molecular complexity index is 654. The minimum absolute atomic E-state index is 0.546. The van der Waals surface area contributed by atoms with Crippen LogP contribution in [-0.4, -0.2) is 20.6 Å². The third-order valence-corrected chi connectivity index (χ3v) is 4.81. The first-order valence-corrected chi connectivity index (χ1v) is 7.84. The summed E-state index contributed by atoms with van der Waals surface area (Å²) in [5.41, 5.74) is 1.45. The first kappa shape index (κ1) is 14.1. The van der Waals surface area contributed by atoms with E-state index in [1.54, 1.807) is 0 Å². The van der Waals surface area contributed by atoms with Crippen LogP contribution < -0.4 is 0 Å². The topological polar surface area (TPSA) is 55.1 Å². The molecule has 0 amide bonds. The van der Waals surface area contributed by atoms with Gasteiger partial charge in [0.05, 0.1) is 16.4 Å². The second-order valence-corrected chi connectivity index (χ2v) is 6.08. The standard InChI is InChI=1S/C17H22N2O2/c1-2-19-14-9-5-4-8-13(14)18-15(19)12-17(16(20)21)10-6-3-7-11-17/h4-5,8-9H,2-3,6-7,10-12H2,1H3,(H,20,21). The van der Waals surface area contributed by atoms with Gasteiger partial charge in [-0.3, -0.25) is 4.79 Å². The number of hydrogen-bond donors (Lipinski definition) is 1. The fraction of sp³-hybridized carbons (Fsp3) is 0.529. The van der Waals surface area contributed by atoms with Gasteiger partial charge >= 0.3 is 5.97 Å². The molecule has 1 aromatic heterocycles. The molecule has 112 valence electrons. The van der Waals surface area contributed by atoms with E-state index in [9.17, 15) is 9.90 Å². The van der Waals surface area contributed by atoms with Crippen LogP contribution in [0.25, 0.3) is 11.0 Å². The summed E-state index contributed by atoms with van der Waals surface area (Å²) in [7, 11) is 0. The van der Waals surface area contributed by atoms with Gasteiger partial charge < -0.3 is 9.67 Å². The molecule has 1 aliphatic rings. The minimum atomic E-state index is -0.656. The van der Waals surface area contributed by atoms with Gasteiger partial charge in [0, 0.05) is 13.0 Å². The van der Waals surface area contributed by atoms with Crippen molar-refractivity contribution in [3.8, 4) is 0 Å². The maximum Gasteiger partial charge on any atom is 0.310 e. The number of imidazole rings is 1. The zero-order valence-corrected chi connectivity index (χ0v) is 12.5. The highest BCUT2D eigenvalue weighted by Gasteiger charge is 2.40. The van der Waals surface area contributed by atoms with Crippen LogP contribution >= 0.6 is 0 Å². The molecule has 0 saturated heterocycles. The normalized spacial score (nSPS) is 18.0. The van der Waals surface area contributed by atoms with E-state index in [0.717, 1.165) is 55.5 Å². The van der Waals surface area contributed by atoms with E-state index in [1.165, 1.54) is 0 Å². The summed E-state index contributed by atoms with van der Waals surface area (Å²) in [6, 6.07) is 8.04. The van der Waals surface area contributed by atoms with E-state index in [2.05, 4.69) is 17.6 Å². The second kappa shape index (κ2) is 5.51. The zero-order valence-electron chi connectivity index (χ0n) is 12.5. The van der Waals surface area contributed by atoms with E-state index in [4.69, 9.17) is 4.98 Å². The summed E-state index contributed by atoms with van der Waals surface area (Å²) in [5.74, 6) is 0.264. The number of aryl methyl sites for hydroxylation is 1. The predicted octanol–water partition coefficient (Wildman–Crippen LogP) is 3.63. The number of aromatic nitrogens is 2. The average Bonchev–Trinajstić information content (AvgIpc) is 2.84. The van der Waals surface area contributed by atoms with Crippen LogP contribution in [0.3, 0.4) is 0 Å². The number of carboxylic acid groups (broad SMARTS) is 1. The number of para-hydroxylation sites is 2. The molecule has 0 radical (unpaired) electrons. The molecule has 0 spiro atoms. The van der Waals surface area contributed by atoms with Crippen molar-refractivity contribution in [2.45, 2.75) is 52.0 Å². The van der Waals surface area contributed by atoms with Gasteiger partial charge in [-0.1, -0.05) is 31.4 Å². The van der Waals surface area contributed by atoms with Crippen molar-refractivity contribution in [3.63, 3.8) is 0 Å². The Morgan fingerprint density at radius 1 is 1.29 bits per heavy atom. The SMILES string of the molecule is CCn1c(CC2(C(=O)O)CCCCC2)nc2ccccc21. The number of carboxylic acids is 1. The van der Waals surface area contributed by atoms with E-state index >= 15 is 0 Å². The first-order chi connectivity index (χ1) is 10.2. The summed E-state index contributed by atoms with van der Waals surface area (Å²) in [6.07, 6.45) is 5.27. The predicted molar refractivity (Wildman–Crippen MR) is 82.3 cm³/mol. The van der Waals surface area contributed by atoms with Gasteiger partial charge in [-0.25, -0.2) is 4.98 Å². The maximum atomic E-state index is 11.9. The summed E-state index contributed by atoms with van der Waals surface area (Å²) >= 11 is 0. The summed E-state index contributed by atoms with van der Waals surface area (Å²) in [6.45, 7) is 2.91. The molecular formula is C17H22N2O2. The monoisotopic (exact) mass is 286 g/mol. The summed E-state index contributed by atoms with van der Waals surface area (Å²) < 4.78 is 2.16. The smallest absolute Gasteiger partial charge is 0.310 e. The highest BCUT2D eigenvalue weighted by molar-refractivity contribution is 5.77. The number of benzene rings is 1. The summed E-state index contributed by atoms with van der Waals surface area (Å²) in [5, 5.41) is 9.75. The second-order valence-electron chi connectivity index (χ2n) is 6.08. The summed E-state index contributed by atoms with van der Waals surface area (Å²) in [4.78, 5) is 16.6. The van der Waals surface area contributed by atoms with Gasteiger partial charge in [0.1, 0.15) is 5.82 Å². The first-order valence-electron chi connectivity index (χ1n) is 7.84. The van der Waals surface area contributed by atoms with Crippen LogP contribution in [0.2, 0.25) is 0 Å². The lowest BCUT2D eigenvalue weighted by Gasteiger charge is -2.32. The van der Waals surface area contributed by atoms with Crippen molar-refractivity contribution in [2.24, 2.45) is 5.41 Å². The molecule has 0 bridgehead atoms. The Kier molecular flexibility index (Phi) is 3.70. The van der Waals surface area contributed by atoms with Gasteiger partial charge in [0.2, 0.25) is 0 Å². The molecule has 1 aliphatic carbocycles. The van der Waals surface area contributed by atoms with Gasteiger partial charge in [-0.05, 0) is 31.9 Å². The average molecular weight is 286 g/mol. The van der Waals surface area contributed by atoms with Gasteiger partial charge in [-0.2, -0.15) is 0 Å². The molecule has 2 aromatic rings. The maximum absolute atomic E-state index is 11.9. The fourth-order valence-electron chi connectivity index (χ4n) is 3.61. The van der Waals surface area contributed by atoms with Crippen molar-refractivity contribution in [1.82, 2.24) is 9.55 Å². The van der Waals surface area contributed by atoms with Crippen LogP contribution in [0.4, 0.5) is 0 Å². The van der Waals surface area contributed by atoms with E-state index in [-0.39, 0.29) is 0 Å². The fourth-order valence-corrected chi connectivity index (χ4v) is 3.61. The molecular weight excluding hydrogens is 264 g/mol. The molecule has 4 heteroatoms. The van der Waals surface area contributed by atoms with Crippen molar-refractivity contribution >= 4 is 17.0 Å². The molecule has 1 saturated carbocycles. The molecule has 21 heavy (non-hydrogen) atoms. The molecule has 4 nitrogen and oxygen atoms in total. The largest absolute Gasteiger partial charge is 0.481 e. The number of aliphatic carboxylic acids is 1. The molecule has 1 N–H and O–H groups in total. The Labute approximate surface area is 124 Å². The van der Waals surface area contributed by atoms with Gasteiger partial charge in [0.15, 0.2) is 0 Å². The number of rotatable bonds is 4. The highest BCUT2D eigenvalue weighted by Crippen LogP contribution is 2.39. The number of fused-ring (bicyclic) bond motifs is 1. The van der Waals surface area contributed by atoms with Crippen molar-refractivity contribution < 1.29 is 9.90 Å². The Morgan fingerprint density at radius 2 is 2.00 bits per heavy atom. The zero-order chi connectivity index (χ0) is 14.9.